The number of aliphatic hydroxyl groups is 3. The number of unbranched alkanes of at least 4 members (excludes halogenated alkanes) is 3. The molecule has 1 saturated carbocycles. The predicted octanol–water partition coefficient (Wildman–Crippen LogP) is 2.62. The van der Waals surface area contributed by atoms with E-state index in [9.17, 15) is 20.1 Å². The summed E-state index contributed by atoms with van der Waals surface area (Å²) >= 11 is 0. The van der Waals surface area contributed by atoms with Gasteiger partial charge in [-0.05, 0) is 24.8 Å². The largest absolute Gasteiger partial charge is 0.481 e. The number of hydrogen-bond donors (Lipinski definition) is 4. The average molecular weight is 421 g/mol. The van der Waals surface area contributed by atoms with Crippen LogP contribution in [0.5, 0.6) is 5.75 Å². The Labute approximate surface area is 176 Å². The highest BCUT2D eigenvalue weighted by Crippen LogP contribution is 2.37. The molecular weight excluding hydrogens is 388 g/mol. The molecule has 1 aliphatic carbocycles. The van der Waals surface area contributed by atoms with Gasteiger partial charge in [0, 0.05) is 24.3 Å². The van der Waals surface area contributed by atoms with Gasteiger partial charge in [0.2, 0.25) is 6.29 Å². The average Bonchev–Trinajstić information content (AvgIpc) is 3.00. The number of ether oxygens (including phenoxy) is 2. The van der Waals surface area contributed by atoms with Crippen LogP contribution in [0, 0.1) is 11.8 Å². The Morgan fingerprint density at radius 3 is 2.70 bits per heavy atom. The number of hydrogen-bond acceptors (Lipinski definition) is 6. The van der Waals surface area contributed by atoms with Crippen LogP contribution in [0.25, 0.3) is 0 Å². The third-order valence-corrected chi connectivity index (χ3v) is 6.02. The summed E-state index contributed by atoms with van der Waals surface area (Å²) in [5.74, 6) is -0.415. The van der Waals surface area contributed by atoms with Crippen molar-refractivity contribution in [1.29, 1.82) is 0 Å². The first-order chi connectivity index (χ1) is 14.5. The Morgan fingerprint density at radius 1 is 1.13 bits per heavy atom. The Hall–Kier alpha value is -1.93. The van der Waals surface area contributed by atoms with E-state index in [0.717, 1.165) is 31.2 Å². The second-order valence-corrected chi connectivity index (χ2v) is 8.24. The van der Waals surface area contributed by atoms with Crippen molar-refractivity contribution < 1.29 is 34.7 Å². The van der Waals surface area contributed by atoms with Crippen molar-refractivity contribution in [2.75, 3.05) is 0 Å². The lowest BCUT2D eigenvalue weighted by Gasteiger charge is -2.28. The highest BCUT2D eigenvalue weighted by atomic mass is 16.7. The SMILES string of the molecule is O=C(O)CCCCCC[C@@H]1[C@@H](C=C[C@H](O)[C@@H]2OCc3ccccc3O2)[C@H](O)C[C@@H]1O. The topological polar surface area (TPSA) is 116 Å². The minimum absolute atomic E-state index is 0.0863. The van der Waals surface area contributed by atoms with Crippen LogP contribution >= 0.6 is 0 Å². The Kier molecular flexibility index (Phi) is 8.27. The lowest BCUT2D eigenvalue weighted by atomic mass is 9.88. The molecule has 166 valence electrons. The van der Waals surface area contributed by atoms with E-state index >= 15 is 0 Å². The molecule has 3 rings (SSSR count). The van der Waals surface area contributed by atoms with Crippen LogP contribution < -0.4 is 4.74 Å². The van der Waals surface area contributed by atoms with Gasteiger partial charge in [-0.1, -0.05) is 49.6 Å². The summed E-state index contributed by atoms with van der Waals surface area (Å²) in [6.07, 6.45) is 4.84. The second kappa shape index (κ2) is 10.9. The summed E-state index contributed by atoms with van der Waals surface area (Å²) in [6, 6.07) is 7.52. The number of carboxylic acids is 1. The number of aliphatic hydroxyl groups excluding tert-OH is 3. The Balaban J connectivity index is 1.50. The summed E-state index contributed by atoms with van der Waals surface area (Å²) in [4.78, 5) is 10.6. The molecule has 1 aromatic rings. The summed E-state index contributed by atoms with van der Waals surface area (Å²) in [5, 5.41) is 39.9. The third-order valence-electron chi connectivity index (χ3n) is 6.02. The van der Waals surface area contributed by atoms with Crippen LogP contribution in [0.1, 0.15) is 50.5 Å². The molecule has 0 radical (unpaired) electrons. The van der Waals surface area contributed by atoms with Gasteiger partial charge in [-0.15, -0.1) is 0 Å². The molecule has 6 atom stereocenters. The van der Waals surface area contributed by atoms with Crippen LogP contribution in [0.2, 0.25) is 0 Å². The second-order valence-electron chi connectivity index (χ2n) is 8.24. The first kappa shape index (κ1) is 22.7. The molecule has 0 spiro atoms. The molecule has 1 aromatic carbocycles. The fraction of sp³-hybridized carbons (Fsp3) is 0.609. The number of carbonyl (C=O) groups is 1. The highest BCUT2D eigenvalue weighted by Gasteiger charge is 2.40. The zero-order chi connectivity index (χ0) is 21.5. The first-order valence-corrected chi connectivity index (χ1v) is 10.8. The molecule has 1 heterocycles. The van der Waals surface area contributed by atoms with Crippen molar-refractivity contribution in [2.24, 2.45) is 11.8 Å². The summed E-state index contributed by atoms with van der Waals surface area (Å²) < 4.78 is 11.3. The number of carboxylic acid groups (broad SMARTS) is 1. The smallest absolute Gasteiger partial charge is 0.303 e. The summed E-state index contributed by atoms with van der Waals surface area (Å²) in [7, 11) is 0. The molecule has 0 amide bonds. The standard InChI is InChI=1S/C23H32O7/c24-18(23-29-14-15-7-5-6-9-21(15)30-23)12-11-17-16(19(25)13-20(17)26)8-3-1-2-4-10-22(27)28/h5-7,9,11-12,16-20,23-26H,1-4,8,10,13-14H2,(H,27,28)/t16-,17-,18+,19+,20-,23-/m1/s1. The predicted molar refractivity (Wildman–Crippen MR) is 110 cm³/mol. The molecule has 1 fully saturated rings. The first-order valence-electron chi connectivity index (χ1n) is 10.8. The third kappa shape index (κ3) is 6.04. The van der Waals surface area contributed by atoms with Gasteiger partial charge >= 0.3 is 5.97 Å². The normalized spacial score (nSPS) is 29.5. The molecule has 7 heteroatoms. The zero-order valence-electron chi connectivity index (χ0n) is 17.1. The van der Waals surface area contributed by atoms with Crippen molar-refractivity contribution in [3.63, 3.8) is 0 Å². The van der Waals surface area contributed by atoms with Crippen molar-refractivity contribution >= 4 is 5.97 Å². The molecule has 0 unspecified atom stereocenters. The van der Waals surface area contributed by atoms with Gasteiger partial charge in [-0.25, -0.2) is 0 Å². The fourth-order valence-electron chi connectivity index (χ4n) is 4.36. The summed E-state index contributed by atoms with van der Waals surface area (Å²) in [6.45, 7) is 0.362. The zero-order valence-corrected chi connectivity index (χ0v) is 17.1. The molecule has 4 N–H and O–H groups in total. The van der Waals surface area contributed by atoms with Crippen LogP contribution in [-0.2, 0) is 16.1 Å². The van der Waals surface area contributed by atoms with Gasteiger partial charge in [0.15, 0.2) is 0 Å². The molecule has 30 heavy (non-hydrogen) atoms. The van der Waals surface area contributed by atoms with Crippen LogP contribution in [0.3, 0.4) is 0 Å². The maximum atomic E-state index is 10.6. The van der Waals surface area contributed by atoms with E-state index in [1.807, 2.05) is 24.3 Å². The monoisotopic (exact) mass is 420 g/mol. The van der Waals surface area contributed by atoms with Crippen LogP contribution in [0.4, 0.5) is 0 Å². The van der Waals surface area contributed by atoms with Crippen LogP contribution in [-0.4, -0.2) is 51.0 Å². The maximum Gasteiger partial charge on any atom is 0.303 e. The lowest BCUT2D eigenvalue weighted by Crippen LogP contribution is -2.36. The van der Waals surface area contributed by atoms with Crippen LogP contribution in [0.15, 0.2) is 36.4 Å². The van der Waals surface area contributed by atoms with E-state index in [0.29, 0.717) is 25.2 Å². The molecule has 0 saturated heterocycles. The van der Waals surface area contributed by atoms with Gasteiger partial charge in [-0.2, -0.15) is 0 Å². The molecule has 0 bridgehead atoms. The quantitative estimate of drug-likeness (QED) is 0.340. The molecular formula is C23H32O7. The van der Waals surface area contributed by atoms with E-state index in [-0.39, 0.29) is 18.3 Å². The lowest BCUT2D eigenvalue weighted by molar-refractivity contribution is -0.152. The van der Waals surface area contributed by atoms with E-state index in [1.54, 1.807) is 12.2 Å². The molecule has 0 aromatic heterocycles. The maximum absolute atomic E-state index is 10.6. The van der Waals surface area contributed by atoms with E-state index in [2.05, 4.69) is 0 Å². The summed E-state index contributed by atoms with van der Waals surface area (Å²) in [5.41, 5.74) is 0.933. The molecule has 1 aliphatic heterocycles. The van der Waals surface area contributed by atoms with Gasteiger partial charge in [0.25, 0.3) is 0 Å². The van der Waals surface area contributed by atoms with Crippen molar-refractivity contribution in [3.8, 4) is 5.75 Å². The number of aliphatic carboxylic acids is 1. The number of benzene rings is 1. The Bertz CT molecular complexity index is 719. The number of para-hydroxylation sites is 1. The van der Waals surface area contributed by atoms with Gasteiger partial charge in [0.1, 0.15) is 11.9 Å². The Morgan fingerprint density at radius 2 is 1.90 bits per heavy atom. The fourth-order valence-corrected chi connectivity index (χ4v) is 4.36. The highest BCUT2D eigenvalue weighted by molar-refractivity contribution is 5.66. The molecule has 7 nitrogen and oxygen atoms in total. The number of fused-ring (bicyclic) bond motifs is 1. The van der Waals surface area contributed by atoms with E-state index < -0.39 is 30.6 Å². The van der Waals surface area contributed by atoms with Gasteiger partial charge in [0.05, 0.1) is 18.8 Å². The van der Waals surface area contributed by atoms with Crippen molar-refractivity contribution in [1.82, 2.24) is 0 Å². The van der Waals surface area contributed by atoms with Gasteiger partial charge < -0.3 is 29.9 Å². The minimum atomic E-state index is -0.986. The van der Waals surface area contributed by atoms with Gasteiger partial charge in [-0.3, -0.25) is 4.79 Å². The van der Waals surface area contributed by atoms with E-state index in [1.165, 1.54) is 0 Å². The minimum Gasteiger partial charge on any atom is -0.481 e. The molecule has 2 aliphatic rings. The van der Waals surface area contributed by atoms with Crippen molar-refractivity contribution in [3.05, 3.63) is 42.0 Å². The number of rotatable bonds is 10. The van der Waals surface area contributed by atoms with E-state index in [4.69, 9.17) is 14.6 Å². The van der Waals surface area contributed by atoms with Crippen molar-refractivity contribution in [2.45, 2.75) is 76.2 Å².